The smallest absolute Gasteiger partial charge is 0.236 e. The van der Waals surface area contributed by atoms with Crippen LogP contribution in [0.1, 0.15) is 24.0 Å². The Hall–Kier alpha value is -1.43. The summed E-state index contributed by atoms with van der Waals surface area (Å²) in [5.74, 6) is 0.210. The minimum absolute atomic E-state index is 0.210. The Morgan fingerprint density at radius 3 is 2.58 bits per heavy atom. The molecule has 0 radical (unpaired) electrons. The first-order chi connectivity index (χ1) is 11.6. The van der Waals surface area contributed by atoms with E-state index in [2.05, 4.69) is 41.0 Å². The topological polar surface area (TPSA) is 47.0 Å². The molecule has 1 amide bonds. The minimum Gasteiger partial charge on any atom is -0.392 e. The van der Waals surface area contributed by atoms with Crippen molar-refractivity contribution in [3.05, 3.63) is 35.4 Å². The second-order valence-corrected chi connectivity index (χ2v) is 7.17. The highest BCUT2D eigenvalue weighted by Gasteiger charge is 2.25. The van der Waals surface area contributed by atoms with Gasteiger partial charge in [0, 0.05) is 45.8 Å². The quantitative estimate of drug-likeness (QED) is 0.897. The van der Waals surface area contributed by atoms with Gasteiger partial charge in [-0.1, -0.05) is 29.8 Å². The Morgan fingerprint density at radius 2 is 1.88 bits per heavy atom. The van der Waals surface area contributed by atoms with Crippen molar-refractivity contribution < 1.29 is 9.90 Å². The number of carbonyl (C=O) groups is 1. The van der Waals surface area contributed by atoms with E-state index in [1.165, 1.54) is 11.1 Å². The molecule has 1 aromatic carbocycles. The molecule has 0 spiro atoms. The molecule has 3 rings (SSSR count). The van der Waals surface area contributed by atoms with Crippen LogP contribution in [0.2, 0.25) is 0 Å². The number of hydrogen-bond donors (Lipinski definition) is 1. The van der Waals surface area contributed by atoms with E-state index in [1.807, 2.05) is 4.90 Å². The Kier molecular flexibility index (Phi) is 5.87. The predicted molar refractivity (Wildman–Crippen MR) is 94.7 cm³/mol. The average molecular weight is 331 g/mol. The molecule has 24 heavy (non-hydrogen) atoms. The van der Waals surface area contributed by atoms with Gasteiger partial charge in [-0.05, 0) is 25.3 Å². The van der Waals surface area contributed by atoms with Gasteiger partial charge in [0.25, 0.3) is 0 Å². The van der Waals surface area contributed by atoms with Gasteiger partial charge in [-0.25, -0.2) is 0 Å². The summed E-state index contributed by atoms with van der Waals surface area (Å²) < 4.78 is 0. The number of likely N-dealkylation sites (tertiary alicyclic amines) is 1. The van der Waals surface area contributed by atoms with E-state index in [9.17, 15) is 9.90 Å². The molecule has 1 aromatic rings. The lowest BCUT2D eigenvalue weighted by Crippen LogP contribution is -2.41. The highest BCUT2D eigenvalue weighted by Crippen LogP contribution is 2.12. The van der Waals surface area contributed by atoms with Crippen LogP contribution in [0.4, 0.5) is 0 Å². The fraction of sp³-hybridized carbons (Fsp3) is 0.632. The summed E-state index contributed by atoms with van der Waals surface area (Å²) in [6.45, 7) is 8.62. The van der Waals surface area contributed by atoms with Crippen LogP contribution in [0.3, 0.4) is 0 Å². The van der Waals surface area contributed by atoms with E-state index >= 15 is 0 Å². The second kappa shape index (κ2) is 8.10. The zero-order valence-electron chi connectivity index (χ0n) is 14.7. The monoisotopic (exact) mass is 331 g/mol. The van der Waals surface area contributed by atoms with Crippen LogP contribution >= 0.6 is 0 Å². The van der Waals surface area contributed by atoms with Crippen LogP contribution in [0.5, 0.6) is 0 Å². The predicted octanol–water partition coefficient (Wildman–Crippen LogP) is 1.10. The maximum Gasteiger partial charge on any atom is 0.236 e. The van der Waals surface area contributed by atoms with Crippen molar-refractivity contribution in [2.24, 2.45) is 0 Å². The SMILES string of the molecule is Cc1ccc(CN2CCCN(C(=O)CN3CC[C@H](O)C3)CC2)cc1. The van der Waals surface area contributed by atoms with E-state index in [0.29, 0.717) is 13.1 Å². The van der Waals surface area contributed by atoms with Crippen molar-refractivity contribution in [2.45, 2.75) is 32.4 Å². The second-order valence-electron chi connectivity index (χ2n) is 7.17. The van der Waals surface area contributed by atoms with Crippen LogP contribution in [-0.4, -0.2) is 77.6 Å². The molecule has 2 heterocycles. The van der Waals surface area contributed by atoms with Crippen molar-refractivity contribution >= 4 is 5.91 Å². The number of amides is 1. The molecule has 2 saturated heterocycles. The Labute approximate surface area is 144 Å². The third-order valence-electron chi connectivity index (χ3n) is 5.07. The number of aliphatic hydroxyl groups is 1. The van der Waals surface area contributed by atoms with E-state index in [-0.39, 0.29) is 12.0 Å². The van der Waals surface area contributed by atoms with Gasteiger partial charge < -0.3 is 10.0 Å². The number of carbonyl (C=O) groups excluding carboxylic acids is 1. The molecule has 5 heteroatoms. The first-order valence-corrected chi connectivity index (χ1v) is 9.06. The molecule has 132 valence electrons. The molecule has 5 nitrogen and oxygen atoms in total. The third kappa shape index (κ3) is 4.79. The normalized spacial score (nSPS) is 23.4. The van der Waals surface area contributed by atoms with Crippen molar-refractivity contribution in [3.63, 3.8) is 0 Å². The summed E-state index contributed by atoms with van der Waals surface area (Å²) in [5.41, 5.74) is 2.63. The average Bonchev–Trinajstić information content (AvgIpc) is 2.83. The first kappa shape index (κ1) is 17.4. The number of aryl methyl sites for hydroxylation is 1. The highest BCUT2D eigenvalue weighted by atomic mass is 16.3. The summed E-state index contributed by atoms with van der Waals surface area (Å²) in [6, 6.07) is 8.71. The molecule has 0 saturated carbocycles. The van der Waals surface area contributed by atoms with Crippen molar-refractivity contribution in [2.75, 3.05) is 45.8 Å². The van der Waals surface area contributed by atoms with Gasteiger partial charge in [-0.3, -0.25) is 14.6 Å². The summed E-state index contributed by atoms with van der Waals surface area (Å²) in [5, 5.41) is 9.59. The van der Waals surface area contributed by atoms with Crippen LogP contribution in [0.25, 0.3) is 0 Å². The molecule has 2 aliphatic rings. The summed E-state index contributed by atoms with van der Waals surface area (Å²) in [6.07, 6.45) is 1.56. The van der Waals surface area contributed by atoms with Crippen LogP contribution in [0, 0.1) is 6.92 Å². The van der Waals surface area contributed by atoms with Crippen molar-refractivity contribution in [1.29, 1.82) is 0 Å². The van der Waals surface area contributed by atoms with Gasteiger partial charge in [0.1, 0.15) is 0 Å². The molecule has 0 bridgehead atoms. The summed E-state index contributed by atoms with van der Waals surface area (Å²) in [7, 11) is 0. The zero-order chi connectivity index (χ0) is 16.9. The maximum atomic E-state index is 12.5. The zero-order valence-corrected chi connectivity index (χ0v) is 14.7. The maximum absolute atomic E-state index is 12.5. The standard InChI is InChI=1S/C19H29N3O2/c1-16-3-5-17(6-4-16)13-20-8-2-9-22(12-11-20)19(24)15-21-10-7-18(23)14-21/h3-6,18,23H,2,7-15H2,1H3/t18-/m0/s1. The first-order valence-electron chi connectivity index (χ1n) is 9.06. The number of rotatable bonds is 4. The molecule has 1 N–H and O–H groups in total. The van der Waals surface area contributed by atoms with Gasteiger partial charge in [0.15, 0.2) is 0 Å². The molecule has 2 fully saturated rings. The van der Waals surface area contributed by atoms with Gasteiger partial charge in [0.05, 0.1) is 12.6 Å². The molecule has 2 aliphatic heterocycles. The molecular weight excluding hydrogens is 302 g/mol. The molecular formula is C19H29N3O2. The van der Waals surface area contributed by atoms with E-state index < -0.39 is 0 Å². The Morgan fingerprint density at radius 1 is 1.08 bits per heavy atom. The fourth-order valence-corrected chi connectivity index (χ4v) is 3.58. The van der Waals surface area contributed by atoms with Gasteiger partial charge in [0.2, 0.25) is 5.91 Å². The van der Waals surface area contributed by atoms with Crippen LogP contribution < -0.4 is 0 Å². The summed E-state index contributed by atoms with van der Waals surface area (Å²) in [4.78, 5) is 19.0. The number of hydrogen-bond acceptors (Lipinski definition) is 4. The Bertz CT molecular complexity index is 546. The van der Waals surface area contributed by atoms with Crippen molar-refractivity contribution in [3.8, 4) is 0 Å². The lowest BCUT2D eigenvalue weighted by Gasteiger charge is -2.24. The van der Waals surface area contributed by atoms with Crippen LogP contribution in [-0.2, 0) is 11.3 Å². The number of β-amino-alcohol motifs (C(OH)–C–C–N with tert-alkyl or cyclic N) is 1. The number of benzene rings is 1. The van der Waals surface area contributed by atoms with Crippen molar-refractivity contribution in [1.82, 2.24) is 14.7 Å². The van der Waals surface area contributed by atoms with E-state index in [1.54, 1.807) is 0 Å². The van der Waals surface area contributed by atoms with Gasteiger partial charge >= 0.3 is 0 Å². The summed E-state index contributed by atoms with van der Waals surface area (Å²) >= 11 is 0. The minimum atomic E-state index is -0.257. The number of aliphatic hydroxyl groups excluding tert-OH is 1. The molecule has 0 unspecified atom stereocenters. The van der Waals surface area contributed by atoms with Gasteiger partial charge in [-0.15, -0.1) is 0 Å². The van der Waals surface area contributed by atoms with Crippen LogP contribution in [0.15, 0.2) is 24.3 Å². The lowest BCUT2D eigenvalue weighted by molar-refractivity contribution is -0.132. The van der Waals surface area contributed by atoms with E-state index in [0.717, 1.165) is 52.1 Å². The number of nitrogens with zero attached hydrogens (tertiary/aromatic N) is 3. The van der Waals surface area contributed by atoms with Gasteiger partial charge in [-0.2, -0.15) is 0 Å². The van der Waals surface area contributed by atoms with E-state index in [4.69, 9.17) is 0 Å². The largest absolute Gasteiger partial charge is 0.392 e. The molecule has 0 aromatic heterocycles. The lowest BCUT2D eigenvalue weighted by atomic mass is 10.1. The molecule has 1 atom stereocenters. The highest BCUT2D eigenvalue weighted by molar-refractivity contribution is 5.78. The fourth-order valence-electron chi connectivity index (χ4n) is 3.58. The molecule has 0 aliphatic carbocycles. The Balaban J connectivity index is 1.47. The third-order valence-corrected chi connectivity index (χ3v) is 5.07.